The van der Waals surface area contributed by atoms with Gasteiger partial charge in [0.2, 0.25) is 0 Å². The Morgan fingerprint density at radius 1 is 0.944 bits per heavy atom. The predicted molar refractivity (Wildman–Crippen MR) is 74.6 cm³/mol. The Labute approximate surface area is 113 Å². The fourth-order valence-electron chi connectivity index (χ4n) is 1.54. The fourth-order valence-corrected chi connectivity index (χ4v) is 1.54. The molecule has 0 aliphatic heterocycles. The minimum Gasteiger partial charge on any atom is -0.497 e. The normalized spacial score (nSPS) is 9.44. The average molecular weight is 266 g/mol. The predicted octanol–water partition coefficient (Wildman–Crippen LogP) is 3.37. The number of halogens is 1. The van der Waals surface area contributed by atoms with Gasteiger partial charge < -0.3 is 15.2 Å². The standard InChI is InChI=1S/C14H15NO2.ClH/c1-16-12-5-3-7-14(9-12)17-13-6-2-4-11(8-13)10-15;/h2-9H,10,15H2,1H3;1H. The third-order valence-electron chi connectivity index (χ3n) is 2.41. The largest absolute Gasteiger partial charge is 0.497 e. The van der Waals surface area contributed by atoms with Crippen LogP contribution in [0.1, 0.15) is 5.56 Å². The lowest BCUT2D eigenvalue weighted by atomic mass is 10.2. The molecule has 0 spiro atoms. The van der Waals surface area contributed by atoms with Crippen LogP contribution in [0.25, 0.3) is 0 Å². The van der Waals surface area contributed by atoms with E-state index in [9.17, 15) is 0 Å². The Morgan fingerprint density at radius 2 is 1.56 bits per heavy atom. The highest BCUT2D eigenvalue weighted by Gasteiger charge is 1.99. The Hall–Kier alpha value is -1.71. The first kappa shape index (κ1) is 14.4. The van der Waals surface area contributed by atoms with E-state index < -0.39 is 0 Å². The van der Waals surface area contributed by atoms with Gasteiger partial charge in [0, 0.05) is 12.6 Å². The SMILES string of the molecule is COc1cccc(Oc2cccc(CN)c2)c1.Cl. The molecule has 4 heteroatoms. The summed E-state index contributed by atoms with van der Waals surface area (Å²) in [5.41, 5.74) is 6.63. The van der Waals surface area contributed by atoms with Crippen molar-refractivity contribution in [1.82, 2.24) is 0 Å². The second-order valence-corrected chi connectivity index (χ2v) is 3.63. The van der Waals surface area contributed by atoms with Crippen molar-refractivity contribution in [2.75, 3.05) is 7.11 Å². The molecular weight excluding hydrogens is 250 g/mol. The molecule has 0 bridgehead atoms. The van der Waals surface area contributed by atoms with Gasteiger partial charge in [0.1, 0.15) is 17.2 Å². The van der Waals surface area contributed by atoms with Crippen LogP contribution in [0, 0.1) is 0 Å². The van der Waals surface area contributed by atoms with Crippen molar-refractivity contribution in [3.8, 4) is 17.2 Å². The number of rotatable bonds is 4. The number of benzene rings is 2. The van der Waals surface area contributed by atoms with E-state index in [0.717, 1.165) is 22.8 Å². The number of methoxy groups -OCH3 is 1. The third kappa shape index (κ3) is 3.65. The summed E-state index contributed by atoms with van der Waals surface area (Å²) >= 11 is 0. The smallest absolute Gasteiger partial charge is 0.131 e. The zero-order chi connectivity index (χ0) is 12.1. The van der Waals surface area contributed by atoms with Crippen molar-refractivity contribution in [3.05, 3.63) is 54.1 Å². The van der Waals surface area contributed by atoms with Crippen molar-refractivity contribution < 1.29 is 9.47 Å². The molecular formula is C14H16ClNO2. The minimum atomic E-state index is 0. The molecule has 2 N–H and O–H groups in total. The van der Waals surface area contributed by atoms with Crippen molar-refractivity contribution >= 4 is 12.4 Å². The summed E-state index contributed by atoms with van der Waals surface area (Å²) in [6.45, 7) is 0.509. The van der Waals surface area contributed by atoms with Gasteiger partial charge >= 0.3 is 0 Å². The number of nitrogens with two attached hydrogens (primary N) is 1. The van der Waals surface area contributed by atoms with Gasteiger partial charge in [-0.05, 0) is 29.8 Å². The van der Waals surface area contributed by atoms with Crippen LogP contribution in [0.4, 0.5) is 0 Å². The first-order valence-electron chi connectivity index (χ1n) is 5.43. The maximum absolute atomic E-state index is 5.73. The Morgan fingerprint density at radius 3 is 2.22 bits per heavy atom. The molecule has 0 fully saturated rings. The van der Waals surface area contributed by atoms with Gasteiger partial charge in [-0.2, -0.15) is 0 Å². The van der Waals surface area contributed by atoms with Crippen LogP contribution < -0.4 is 15.2 Å². The molecule has 2 aromatic rings. The summed E-state index contributed by atoms with van der Waals surface area (Å²) in [6.07, 6.45) is 0. The summed E-state index contributed by atoms with van der Waals surface area (Å²) in [4.78, 5) is 0. The molecule has 0 saturated heterocycles. The maximum atomic E-state index is 5.73. The third-order valence-corrected chi connectivity index (χ3v) is 2.41. The van der Waals surface area contributed by atoms with Gasteiger partial charge in [-0.3, -0.25) is 0 Å². The molecule has 3 nitrogen and oxygen atoms in total. The molecule has 0 saturated carbocycles. The van der Waals surface area contributed by atoms with E-state index in [-0.39, 0.29) is 12.4 Å². The molecule has 2 aromatic carbocycles. The summed E-state index contributed by atoms with van der Waals surface area (Å²) in [5, 5.41) is 0. The van der Waals surface area contributed by atoms with Crippen LogP contribution in [0.5, 0.6) is 17.2 Å². The van der Waals surface area contributed by atoms with Gasteiger partial charge in [-0.25, -0.2) is 0 Å². The molecule has 0 amide bonds. The van der Waals surface area contributed by atoms with Crippen LogP contribution >= 0.6 is 12.4 Å². The highest BCUT2D eigenvalue weighted by Crippen LogP contribution is 2.25. The van der Waals surface area contributed by atoms with Crippen LogP contribution in [-0.4, -0.2) is 7.11 Å². The van der Waals surface area contributed by atoms with E-state index in [1.807, 2.05) is 48.5 Å². The zero-order valence-electron chi connectivity index (χ0n) is 10.1. The van der Waals surface area contributed by atoms with E-state index in [4.69, 9.17) is 15.2 Å². The topological polar surface area (TPSA) is 44.5 Å². The summed E-state index contributed by atoms with van der Waals surface area (Å²) in [7, 11) is 1.63. The number of ether oxygens (including phenoxy) is 2. The lowest BCUT2D eigenvalue weighted by molar-refractivity contribution is 0.409. The monoisotopic (exact) mass is 265 g/mol. The van der Waals surface area contributed by atoms with E-state index in [0.29, 0.717) is 6.54 Å². The summed E-state index contributed by atoms with van der Waals surface area (Å²) < 4.78 is 10.9. The highest BCUT2D eigenvalue weighted by molar-refractivity contribution is 5.85. The second-order valence-electron chi connectivity index (χ2n) is 3.63. The Kier molecular flexibility index (Phi) is 5.49. The lowest BCUT2D eigenvalue weighted by Gasteiger charge is -2.08. The molecule has 0 aromatic heterocycles. The van der Waals surface area contributed by atoms with Crippen LogP contribution in [0.15, 0.2) is 48.5 Å². The summed E-state index contributed by atoms with van der Waals surface area (Å²) in [5.74, 6) is 2.30. The van der Waals surface area contributed by atoms with E-state index in [1.165, 1.54) is 0 Å². The van der Waals surface area contributed by atoms with Crippen molar-refractivity contribution in [2.24, 2.45) is 5.73 Å². The van der Waals surface area contributed by atoms with E-state index in [2.05, 4.69) is 0 Å². The second kappa shape index (κ2) is 6.89. The van der Waals surface area contributed by atoms with Gasteiger partial charge in [-0.1, -0.05) is 18.2 Å². The first-order valence-corrected chi connectivity index (χ1v) is 5.43. The lowest BCUT2D eigenvalue weighted by Crippen LogP contribution is -1.96. The molecule has 96 valence electrons. The molecule has 0 atom stereocenters. The minimum absolute atomic E-state index is 0. The van der Waals surface area contributed by atoms with Gasteiger partial charge in [-0.15, -0.1) is 12.4 Å². The van der Waals surface area contributed by atoms with Gasteiger partial charge in [0.15, 0.2) is 0 Å². The quantitative estimate of drug-likeness (QED) is 0.922. The molecule has 0 heterocycles. The molecule has 0 aliphatic rings. The molecule has 0 radical (unpaired) electrons. The first-order chi connectivity index (χ1) is 8.31. The van der Waals surface area contributed by atoms with E-state index >= 15 is 0 Å². The zero-order valence-corrected chi connectivity index (χ0v) is 10.9. The van der Waals surface area contributed by atoms with Crippen molar-refractivity contribution in [1.29, 1.82) is 0 Å². The van der Waals surface area contributed by atoms with E-state index in [1.54, 1.807) is 7.11 Å². The summed E-state index contributed by atoms with van der Waals surface area (Å²) in [6, 6.07) is 15.2. The van der Waals surface area contributed by atoms with Crippen LogP contribution in [0.2, 0.25) is 0 Å². The van der Waals surface area contributed by atoms with Gasteiger partial charge in [0.05, 0.1) is 7.11 Å². The van der Waals surface area contributed by atoms with Crippen molar-refractivity contribution in [3.63, 3.8) is 0 Å². The Balaban J connectivity index is 0.00000162. The Bertz CT molecular complexity index is 457. The molecule has 2 rings (SSSR count). The average Bonchev–Trinajstić information content (AvgIpc) is 2.39. The highest BCUT2D eigenvalue weighted by atomic mass is 35.5. The van der Waals surface area contributed by atoms with Crippen molar-refractivity contribution in [2.45, 2.75) is 6.54 Å². The molecule has 18 heavy (non-hydrogen) atoms. The van der Waals surface area contributed by atoms with Gasteiger partial charge in [0.25, 0.3) is 0 Å². The number of hydrogen-bond acceptors (Lipinski definition) is 3. The van der Waals surface area contributed by atoms with Crippen LogP contribution in [-0.2, 0) is 6.54 Å². The fraction of sp³-hybridized carbons (Fsp3) is 0.143. The van der Waals surface area contributed by atoms with Crippen LogP contribution in [0.3, 0.4) is 0 Å². The maximum Gasteiger partial charge on any atom is 0.131 e. The molecule has 0 aliphatic carbocycles. The molecule has 0 unspecified atom stereocenters. The number of hydrogen-bond donors (Lipinski definition) is 1.